The van der Waals surface area contributed by atoms with Crippen molar-refractivity contribution in [2.45, 2.75) is 43.6 Å². The number of Topliss-reactive ketones (excluding diaryl/α,β-unsaturated/α-hetero) is 1. The fraction of sp³-hybridized carbons (Fsp3) is 0.310. The summed E-state index contributed by atoms with van der Waals surface area (Å²) in [5, 5.41) is 2.59. The first-order chi connectivity index (χ1) is 20.2. The lowest BCUT2D eigenvalue weighted by Gasteiger charge is -2.30. The first-order valence-electron chi connectivity index (χ1n) is 13.0. The number of alkyl halides is 6. The molecular weight excluding hydrogens is 602 g/mol. The van der Waals surface area contributed by atoms with E-state index in [0.29, 0.717) is 0 Å². The Labute approximate surface area is 247 Å². The number of amides is 2. The molecule has 1 aliphatic heterocycles. The minimum absolute atomic E-state index is 0.135. The van der Waals surface area contributed by atoms with Crippen LogP contribution in [0.3, 0.4) is 0 Å². The third kappa shape index (κ3) is 7.64. The zero-order chi connectivity index (χ0) is 31.5. The van der Waals surface area contributed by atoms with Crippen LogP contribution in [0.4, 0.5) is 37.8 Å². The minimum Gasteiger partial charge on any atom is -0.369 e. The molecule has 0 bridgehead atoms. The SMILES string of the molecule is NC(=O)[C@@H](c1ccccc1)[C@@H](CCC(F)(F)F)C(=O)N[C@H]1CN(c2cc(C(F)(F)F)ccn2)c2cccc(Cl)c2CC1=O. The van der Waals surface area contributed by atoms with Gasteiger partial charge in [0.1, 0.15) is 11.9 Å². The standard InChI is InChI=1S/C29H25ClF6N4O3/c30-20-7-4-8-22-19(20)14-23(41)21(15-40(22)24-13-17(10-12-38-24)29(34,35)36)39-27(43)18(9-11-28(31,32)33)25(26(37)42)16-5-2-1-3-6-16/h1-8,10,12-13,18,21,25H,9,11,14-15H2,(H2,37,42)(H,39,43)/t18-,21+,25+/m1/s1. The minimum atomic E-state index is -4.71. The zero-order valence-corrected chi connectivity index (χ0v) is 23.0. The van der Waals surface area contributed by atoms with E-state index in [2.05, 4.69) is 10.3 Å². The summed E-state index contributed by atoms with van der Waals surface area (Å²) in [7, 11) is 0. The van der Waals surface area contributed by atoms with Crippen LogP contribution in [0.15, 0.2) is 66.9 Å². The second-order valence-corrected chi connectivity index (χ2v) is 10.4. The van der Waals surface area contributed by atoms with Crippen molar-refractivity contribution < 1.29 is 40.7 Å². The largest absolute Gasteiger partial charge is 0.416 e. The van der Waals surface area contributed by atoms with Gasteiger partial charge >= 0.3 is 12.4 Å². The molecule has 2 amide bonds. The van der Waals surface area contributed by atoms with Crippen LogP contribution in [0, 0.1) is 5.92 Å². The van der Waals surface area contributed by atoms with Crippen LogP contribution in [0.1, 0.15) is 35.4 Å². The number of carbonyl (C=O) groups excluding carboxylic acids is 3. The summed E-state index contributed by atoms with van der Waals surface area (Å²) in [6.45, 7) is -0.426. The van der Waals surface area contributed by atoms with Crippen molar-refractivity contribution >= 4 is 40.7 Å². The summed E-state index contributed by atoms with van der Waals surface area (Å²) >= 11 is 6.34. The van der Waals surface area contributed by atoms with E-state index in [1.165, 1.54) is 47.4 Å². The van der Waals surface area contributed by atoms with Gasteiger partial charge in [-0.1, -0.05) is 48.0 Å². The van der Waals surface area contributed by atoms with Gasteiger partial charge in [0.2, 0.25) is 11.8 Å². The van der Waals surface area contributed by atoms with Gasteiger partial charge in [-0.05, 0) is 36.2 Å². The molecule has 0 saturated carbocycles. The molecule has 228 valence electrons. The number of benzene rings is 2. The van der Waals surface area contributed by atoms with Crippen molar-refractivity contribution in [2.75, 3.05) is 11.4 Å². The quantitative estimate of drug-likeness (QED) is 0.311. The molecule has 0 aliphatic carbocycles. The maximum atomic E-state index is 13.6. The predicted octanol–water partition coefficient (Wildman–Crippen LogP) is 5.73. The summed E-state index contributed by atoms with van der Waals surface area (Å²) in [5.74, 6) is -6.00. The molecule has 0 fully saturated rings. The van der Waals surface area contributed by atoms with E-state index in [1.807, 2.05) is 0 Å². The molecule has 1 aliphatic rings. The average molecular weight is 627 g/mol. The highest BCUT2D eigenvalue weighted by molar-refractivity contribution is 6.32. The highest BCUT2D eigenvalue weighted by Crippen LogP contribution is 2.38. The molecule has 0 unspecified atom stereocenters. The number of nitrogens with zero attached hydrogens (tertiary/aromatic N) is 2. The number of fused-ring (bicyclic) bond motifs is 1. The van der Waals surface area contributed by atoms with Gasteiger partial charge in [0.15, 0.2) is 5.78 Å². The van der Waals surface area contributed by atoms with Crippen LogP contribution in [0.2, 0.25) is 5.02 Å². The Balaban J connectivity index is 1.73. The van der Waals surface area contributed by atoms with Gasteiger partial charge in [-0.25, -0.2) is 4.98 Å². The predicted molar refractivity (Wildman–Crippen MR) is 145 cm³/mol. The van der Waals surface area contributed by atoms with Gasteiger partial charge in [-0.3, -0.25) is 14.4 Å². The fourth-order valence-corrected chi connectivity index (χ4v) is 5.28. The Hall–Kier alpha value is -4.13. The fourth-order valence-electron chi connectivity index (χ4n) is 5.04. The van der Waals surface area contributed by atoms with E-state index in [1.54, 1.807) is 6.07 Å². The topological polar surface area (TPSA) is 105 Å². The Morgan fingerprint density at radius 2 is 1.74 bits per heavy atom. The van der Waals surface area contributed by atoms with E-state index in [-0.39, 0.29) is 34.1 Å². The summed E-state index contributed by atoms with van der Waals surface area (Å²) < 4.78 is 80.3. The van der Waals surface area contributed by atoms with Gasteiger partial charge in [-0.15, -0.1) is 0 Å². The van der Waals surface area contributed by atoms with Gasteiger partial charge in [0, 0.05) is 35.3 Å². The summed E-state index contributed by atoms with van der Waals surface area (Å²) in [6, 6.07) is 12.2. The molecule has 4 rings (SSSR count). The number of anilines is 2. The van der Waals surface area contributed by atoms with E-state index in [4.69, 9.17) is 17.3 Å². The zero-order valence-electron chi connectivity index (χ0n) is 22.3. The number of aromatic nitrogens is 1. The lowest BCUT2D eigenvalue weighted by Crippen LogP contribution is -2.50. The van der Waals surface area contributed by atoms with Crippen LogP contribution in [0.5, 0.6) is 0 Å². The molecule has 43 heavy (non-hydrogen) atoms. The van der Waals surface area contributed by atoms with E-state index < -0.39 is 72.8 Å². The van der Waals surface area contributed by atoms with Crippen LogP contribution in [-0.2, 0) is 27.0 Å². The maximum absolute atomic E-state index is 13.6. The van der Waals surface area contributed by atoms with Gasteiger partial charge in [0.25, 0.3) is 0 Å². The number of rotatable bonds is 8. The lowest BCUT2D eigenvalue weighted by atomic mass is 9.81. The maximum Gasteiger partial charge on any atom is 0.416 e. The van der Waals surface area contributed by atoms with Crippen molar-refractivity contribution in [3.8, 4) is 0 Å². The molecule has 3 atom stereocenters. The van der Waals surface area contributed by atoms with Gasteiger partial charge in [0.05, 0.1) is 23.9 Å². The second-order valence-electron chi connectivity index (χ2n) is 10.0. The monoisotopic (exact) mass is 626 g/mol. The van der Waals surface area contributed by atoms with Crippen molar-refractivity contribution in [1.82, 2.24) is 10.3 Å². The van der Waals surface area contributed by atoms with Crippen molar-refractivity contribution in [1.29, 1.82) is 0 Å². The lowest BCUT2D eigenvalue weighted by molar-refractivity contribution is -0.144. The number of hydrogen-bond donors (Lipinski definition) is 2. The smallest absolute Gasteiger partial charge is 0.369 e. The number of pyridine rings is 1. The highest BCUT2D eigenvalue weighted by atomic mass is 35.5. The number of primary amides is 1. The molecule has 0 radical (unpaired) electrons. The number of carbonyl (C=O) groups is 3. The van der Waals surface area contributed by atoms with Crippen LogP contribution in [-0.4, -0.2) is 41.3 Å². The van der Waals surface area contributed by atoms with Crippen molar-refractivity contribution in [2.24, 2.45) is 11.7 Å². The van der Waals surface area contributed by atoms with E-state index >= 15 is 0 Å². The Bertz CT molecular complexity index is 1500. The molecule has 0 saturated heterocycles. The number of nitrogens with one attached hydrogen (secondary N) is 1. The van der Waals surface area contributed by atoms with Crippen molar-refractivity contribution in [3.63, 3.8) is 0 Å². The molecule has 2 aromatic carbocycles. The van der Waals surface area contributed by atoms with Gasteiger partial charge in [-0.2, -0.15) is 26.3 Å². The van der Waals surface area contributed by atoms with Gasteiger partial charge < -0.3 is 16.0 Å². The average Bonchev–Trinajstić information content (AvgIpc) is 3.07. The molecule has 3 aromatic rings. The molecule has 0 spiro atoms. The van der Waals surface area contributed by atoms with Crippen LogP contribution in [0.25, 0.3) is 0 Å². The molecule has 1 aromatic heterocycles. The number of hydrogen-bond acceptors (Lipinski definition) is 5. The van der Waals surface area contributed by atoms with Crippen molar-refractivity contribution in [3.05, 3.63) is 88.6 Å². The third-order valence-corrected chi connectivity index (χ3v) is 7.45. The number of ketones is 1. The second kappa shape index (κ2) is 12.6. The molecule has 14 heteroatoms. The van der Waals surface area contributed by atoms with Crippen LogP contribution >= 0.6 is 11.6 Å². The number of nitrogens with two attached hydrogens (primary N) is 1. The summed E-state index contributed by atoms with van der Waals surface area (Å²) in [5.41, 5.74) is 5.28. The Kier molecular flexibility index (Phi) is 9.33. The first-order valence-corrected chi connectivity index (χ1v) is 13.4. The Morgan fingerprint density at radius 1 is 1.05 bits per heavy atom. The van der Waals surface area contributed by atoms with E-state index in [9.17, 15) is 40.7 Å². The van der Waals surface area contributed by atoms with E-state index in [0.717, 1.165) is 18.3 Å². The third-order valence-electron chi connectivity index (χ3n) is 7.10. The summed E-state index contributed by atoms with van der Waals surface area (Å²) in [6.07, 6.45) is -11.0. The molecule has 7 nitrogen and oxygen atoms in total. The summed E-state index contributed by atoms with van der Waals surface area (Å²) in [4.78, 5) is 44.8. The molecule has 2 heterocycles. The molecule has 3 N–H and O–H groups in total. The van der Waals surface area contributed by atoms with Crippen LogP contribution < -0.4 is 16.0 Å². The number of halogens is 7. The Morgan fingerprint density at radius 3 is 2.37 bits per heavy atom. The first kappa shape index (κ1) is 31.8. The molecular formula is C29H25ClF6N4O3. The normalized spacial score (nSPS) is 17.0. The highest BCUT2D eigenvalue weighted by Gasteiger charge is 2.40.